The molecule has 3 heteroatoms. The van der Waals surface area contributed by atoms with Gasteiger partial charge in [0.2, 0.25) is 5.91 Å². The molecule has 0 aromatic rings. The highest BCUT2D eigenvalue weighted by Gasteiger charge is 2.40. The Kier molecular flexibility index (Phi) is 1.08. The van der Waals surface area contributed by atoms with Crippen LogP contribution in [-0.4, -0.2) is 18.2 Å². The SMILES string of the molecule is CC1(C)C(=O)CNC1=O. The second-order valence-electron chi connectivity index (χ2n) is 2.73. The van der Waals surface area contributed by atoms with Gasteiger partial charge in [0.1, 0.15) is 5.41 Å². The number of hydrogen-bond acceptors (Lipinski definition) is 2. The van der Waals surface area contributed by atoms with Crippen LogP contribution in [0.2, 0.25) is 0 Å². The minimum atomic E-state index is -0.778. The second-order valence-corrected chi connectivity index (χ2v) is 2.73. The summed E-state index contributed by atoms with van der Waals surface area (Å²) in [6.45, 7) is 3.47. The van der Waals surface area contributed by atoms with Crippen molar-refractivity contribution in [1.82, 2.24) is 5.32 Å². The van der Waals surface area contributed by atoms with Crippen LogP contribution in [0.15, 0.2) is 0 Å². The van der Waals surface area contributed by atoms with Gasteiger partial charge in [0, 0.05) is 0 Å². The molecule has 3 nitrogen and oxygen atoms in total. The third-order valence-corrected chi connectivity index (χ3v) is 1.67. The maximum Gasteiger partial charge on any atom is 0.233 e. The lowest BCUT2D eigenvalue weighted by Gasteiger charge is -2.08. The van der Waals surface area contributed by atoms with E-state index in [1.54, 1.807) is 13.8 Å². The number of carbonyl (C=O) groups is 2. The van der Waals surface area contributed by atoms with Gasteiger partial charge in [0.05, 0.1) is 6.54 Å². The summed E-state index contributed by atoms with van der Waals surface area (Å²) in [6.07, 6.45) is 0. The van der Waals surface area contributed by atoms with Gasteiger partial charge < -0.3 is 5.32 Å². The molecule has 1 N–H and O–H groups in total. The predicted molar refractivity (Wildman–Crippen MR) is 31.8 cm³/mol. The number of Topliss-reactive ketones (excluding diaryl/α,β-unsaturated/α-hetero) is 1. The molecule has 0 atom stereocenters. The molecule has 0 saturated carbocycles. The van der Waals surface area contributed by atoms with Crippen LogP contribution in [0.4, 0.5) is 0 Å². The van der Waals surface area contributed by atoms with Crippen molar-refractivity contribution in [3.63, 3.8) is 0 Å². The summed E-state index contributed by atoms with van der Waals surface area (Å²) in [5.74, 6) is -0.181. The Morgan fingerprint density at radius 1 is 1.44 bits per heavy atom. The van der Waals surface area contributed by atoms with Crippen molar-refractivity contribution in [2.24, 2.45) is 5.41 Å². The van der Waals surface area contributed by atoms with Gasteiger partial charge in [-0.05, 0) is 13.8 Å². The molecule has 1 saturated heterocycles. The average molecular weight is 127 g/mol. The van der Waals surface area contributed by atoms with Gasteiger partial charge in [-0.2, -0.15) is 0 Å². The summed E-state index contributed by atoms with van der Waals surface area (Å²) in [5.41, 5.74) is -0.778. The van der Waals surface area contributed by atoms with Gasteiger partial charge in [0.15, 0.2) is 5.78 Å². The lowest BCUT2D eigenvalue weighted by Crippen LogP contribution is -2.28. The number of carbonyl (C=O) groups excluding carboxylic acids is 2. The van der Waals surface area contributed by atoms with Crippen molar-refractivity contribution in [3.05, 3.63) is 0 Å². The summed E-state index contributed by atoms with van der Waals surface area (Å²) in [4.78, 5) is 21.6. The Bertz CT molecular complexity index is 154. The average Bonchev–Trinajstić information content (AvgIpc) is 1.96. The molecular formula is C6H9NO2. The molecule has 0 bridgehead atoms. The predicted octanol–water partition coefficient (Wildman–Crippen LogP) is -0.289. The minimum absolute atomic E-state index is 0.0208. The van der Waals surface area contributed by atoms with E-state index in [2.05, 4.69) is 5.32 Å². The van der Waals surface area contributed by atoms with E-state index in [-0.39, 0.29) is 18.2 Å². The lowest BCUT2D eigenvalue weighted by atomic mass is 9.91. The van der Waals surface area contributed by atoms with Gasteiger partial charge in [-0.15, -0.1) is 0 Å². The monoisotopic (exact) mass is 127 g/mol. The minimum Gasteiger partial charge on any atom is -0.348 e. The number of ketones is 1. The van der Waals surface area contributed by atoms with Gasteiger partial charge in [-0.3, -0.25) is 9.59 Å². The van der Waals surface area contributed by atoms with Gasteiger partial charge in [0.25, 0.3) is 0 Å². The zero-order valence-electron chi connectivity index (χ0n) is 5.52. The Morgan fingerprint density at radius 3 is 2.11 bits per heavy atom. The van der Waals surface area contributed by atoms with E-state index in [9.17, 15) is 9.59 Å². The van der Waals surface area contributed by atoms with Crippen molar-refractivity contribution in [2.45, 2.75) is 13.8 Å². The zero-order valence-corrected chi connectivity index (χ0v) is 5.52. The van der Waals surface area contributed by atoms with Gasteiger partial charge in [-0.25, -0.2) is 0 Å². The van der Waals surface area contributed by atoms with Crippen molar-refractivity contribution < 1.29 is 9.59 Å². The van der Waals surface area contributed by atoms with E-state index in [1.807, 2.05) is 0 Å². The third-order valence-electron chi connectivity index (χ3n) is 1.67. The standard InChI is InChI=1S/C6H9NO2/c1-6(2)4(8)3-7-5(6)9/h3H2,1-2H3,(H,7,9). The molecule has 50 valence electrons. The molecule has 0 radical (unpaired) electrons. The first-order valence-corrected chi connectivity index (χ1v) is 2.87. The summed E-state index contributed by atoms with van der Waals surface area (Å²) < 4.78 is 0. The lowest BCUT2D eigenvalue weighted by molar-refractivity contribution is -0.132. The molecule has 1 aliphatic heterocycles. The highest BCUT2D eigenvalue weighted by Crippen LogP contribution is 2.20. The van der Waals surface area contributed by atoms with E-state index in [0.717, 1.165) is 0 Å². The zero-order chi connectivity index (χ0) is 7.07. The summed E-state index contributed by atoms with van der Waals surface area (Å²) in [7, 11) is 0. The Morgan fingerprint density at radius 2 is 2.00 bits per heavy atom. The largest absolute Gasteiger partial charge is 0.348 e. The van der Waals surface area contributed by atoms with Crippen LogP contribution in [0, 0.1) is 5.41 Å². The van der Waals surface area contributed by atoms with Crippen molar-refractivity contribution in [1.29, 1.82) is 0 Å². The molecular weight excluding hydrogens is 118 g/mol. The molecule has 1 rings (SSSR count). The van der Waals surface area contributed by atoms with Crippen molar-refractivity contribution >= 4 is 11.7 Å². The third kappa shape index (κ3) is 0.724. The molecule has 9 heavy (non-hydrogen) atoms. The van der Waals surface area contributed by atoms with Gasteiger partial charge >= 0.3 is 0 Å². The van der Waals surface area contributed by atoms with Crippen LogP contribution < -0.4 is 5.32 Å². The number of rotatable bonds is 0. The maximum absolute atomic E-state index is 10.8. The number of hydrogen-bond donors (Lipinski definition) is 1. The van der Waals surface area contributed by atoms with Crippen LogP contribution in [0.3, 0.4) is 0 Å². The molecule has 0 aliphatic carbocycles. The topological polar surface area (TPSA) is 46.2 Å². The fourth-order valence-corrected chi connectivity index (χ4v) is 0.729. The van der Waals surface area contributed by atoms with E-state index in [1.165, 1.54) is 0 Å². The van der Waals surface area contributed by atoms with E-state index < -0.39 is 5.41 Å². The summed E-state index contributed by atoms with van der Waals surface area (Å²) >= 11 is 0. The fraction of sp³-hybridized carbons (Fsp3) is 0.667. The highest BCUT2D eigenvalue weighted by atomic mass is 16.2. The first kappa shape index (κ1) is 6.26. The van der Waals surface area contributed by atoms with Gasteiger partial charge in [-0.1, -0.05) is 0 Å². The molecule has 1 fully saturated rings. The first-order chi connectivity index (χ1) is 4.05. The van der Waals surface area contributed by atoms with Crippen LogP contribution in [0.5, 0.6) is 0 Å². The quantitative estimate of drug-likeness (QED) is 0.454. The normalized spacial score (nSPS) is 24.2. The first-order valence-electron chi connectivity index (χ1n) is 2.87. The smallest absolute Gasteiger partial charge is 0.233 e. The van der Waals surface area contributed by atoms with Crippen molar-refractivity contribution in [3.8, 4) is 0 Å². The van der Waals surface area contributed by atoms with Crippen LogP contribution in [0.1, 0.15) is 13.8 Å². The van der Waals surface area contributed by atoms with E-state index in [4.69, 9.17) is 0 Å². The molecule has 1 amide bonds. The van der Waals surface area contributed by atoms with Crippen LogP contribution in [-0.2, 0) is 9.59 Å². The fourth-order valence-electron chi connectivity index (χ4n) is 0.729. The summed E-state index contributed by atoms with van der Waals surface area (Å²) in [5, 5.41) is 2.47. The Balaban J connectivity index is 2.91. The van der Waals surface area contributed by atoms with E-state index in [0.29, 0.717) is 0 Å². The highest BCUT2D eigenvalue weighted by molar-refractivity contribution is 6.11. The Hall–Kier alpha value is -0.860. The maximum atomic E-state index is 10.8. The van der Waals surface area contributed by atoms with Crippen LogP contribution in [0.25, 0.3) is 0 Å². The van der Waals surface area contributed by atoms with E-state index >= 15 is 0 Å². The molecule has 0 unspecified atom stereocenters. The molecule has 0 spiro atoms. The summed E-state index contributed by atoms with van der Waals surface area (Å²) in [6, 6.07) is 0. The van der Waals surface area contributed by atoms with Crippen molar-refractivity contribution in [2.75, 3.05) is 6.54 Å². The molecule has 0 aromatic carbocycles. The molecule has 1 aliphatic rings. The number of nitrogens with one attached hydrogen (secondary N) is 1. The Labute approximate surface area is 53.4 Å². The second kappa shape index (κ2) is 1.56. The number of amides is 1. The molecule has 0 aromatic heterocycles. The molecule has 1 heterocycles. The van der Waals surface area contributed by atoms with Crippen LogP contribution >= 0.6 is 0 Å².